The van der Waals surface area contributed by atoms with Crippen LogP contribution in [0.4, 0.5) is 0 Å². The molecule has 5 nitrogen and oxygen atoms in total. The lowest BCUT2D eigenvalue weighted by molar-refractivity contribution is -0.126. The Hall–Kier alpha value is -1.75. The van der Waals surface area contributed by atoms with E-state index in [0.717, 1.165) is 49.2 Å². The molecule has 126 valence electrons. The fourth-order valence-corrected chi connectivity index (χ4v) is 3.40. The lowest BCUT2D eigenvalue weighted by Crippen LogP contribution is -2.39. The first-order valence-electron chi connectivity index (χ1n) is 8.41. The summed E-state index contributed by atoms with van der Waals surface area (Å²) in [6, 6.07) is 5.89. The molecule has 1 aromatic rings. The number of aliphatic hydroxyl groups is 1. The predicted molar refractivity (Wildman–Crippen MR) is 86.7 cm³/mol. The standard InChI is InChI=1S/C18H25NO4/c1-22-16-7-4-14-8-12(11-23-17(14)9-16)10-19-18(21)13-2-5-15(20)6-3-13/h4,7,9,12-13,15,20H,2-3,5-6,8,10-11H2,1H3,(H,19,21). The van der Waals surface area contributed by atoms with Gasteiger partial charge >= 0.3 is 0 Å². The molecule has 2 aliphatic rings. The van der Waals surface area contributed by atoms with Crippen molar-refractivity contribution in [2.24, 2.45) is 11.8 Å². The van der Waals surface area contributed by atoms with Crippen LogP contribution in [0.1, 0.15) is 31.2 Å². The average Bonchev–Trinajstić information content (AvgIpc) is 2.59. The summed E-state index contributed by atoms with van der Waals surface area (Å²) in [5.41, 5.74) is 1.16. The van der Waals surface area contributed by atoms with Crippen LogP contribution >= 0.6 is 0 Å². The molecule has 1 heterocycles. The third kappa shape index (κ3) is 3.96. The van der Waals surface area contributed by atoms with E-state index in [2.05, 4.69) is 5.32 Å². The summed E-state index contributed by atoms with van der Waals surface area (Å²) >= 11 is 0. The first-order valence-corrected chi connectivity index (χ1v) is 8.41. The molecule has 23 heavy (non-hydrogen) atoms. The Morgan fingerprint density at radius 3 is 2.87 bits per heavy atom. The summed E-state index contributed by atoms with van der Waals surface area (Å²) in [7, 11) is 1.65. The number of aliphatic hydroxyl groups excluding tert-OH is 1. The zero-order chi connectivity index (χ0) is 16.2. The molecule has 0 radical (unpaired) electrons. The van der Waals surface area contributed by atoms with E-state index < -0.39 is 0 Å². The normalized spacial score (nSPS) is 26.8. The van der Waals surface area contributed by atoms with Crippen molar-refractivity contribution in [1.29, 1.82) is 0 Å². The van der Waals surface area contributed by atoms with Gasteiger partial charge in [-0.25, -0.2) is 0 Å². The summed E-state index contributed by atoms with van der Waals surface area (Å²) in [5.74, 6) is 2.16. The van der Waals surface area contributed by atoms with Gasteiger partial charge in [0, 0.05) is 24.4 Å². The number of fused-ring (bicyclic) bond motifs is 1. The fraction of sp³-hybridized carbons (Fsp3) is 0.611. The fourth-order valence-electron chi connectivity index (χ4n) is 3.40. The maximum Gasteiger partial charge on any atom is 0.223 e. The molecular weight excluding hydrogens is 294 g/mol. The number of ether oxygens (including phenoxy) is 2. The topological polar surface area (TPSA) is 67.8 Å². The number of amides is 1. The van der Waals surface area contributed by atoms with Gasteiger partial charge in [0.1, 0.15) is 11.5 Å². The number of carbonyl (C=O) groups excluding carboxylic acids is 1. The highest BCUT2D eigenvalue weighted by Crippen LogP contribution is 2.31. The van der Waals surface area contributed by atoms with Gasteiger partial charge in [-0.05, 0) is 43.7 Å². The van der Waals surface area contributed by atoms with E-state index in [0.29, 0.717) is 19.1 Å². The van der Waals surface area contributed by atoms with Crippen LogP contribution in [0.25, 0.3) is 0 Å². The highest BCUT2D eigenvalue weighted by Gasteiger charge is 2.26. The van der Waals surface area contributed by atoms with Crippen LogP contribution in [-0.2, 0) is 11.2 Å². The number of methoxy groups -OCH3 is 1. The molecule has 1 aromatic carbocycles. The number of hydrogen-bond donors (Lipinski definition) is 2. The Bertz CT molecular complexity index is 552. The van der Waals surface area contributed by atoms with Crippen LogP contribution in [0.5, 0.6) is 11.5 Å². The minimum Gasteiger partial charge on any atom is -0.497 e. The first kappa shape index (κ1) is 16.1. The molecule has 1 amide bonds. The molecule has 5 heteroatoms. The van der Waals surface area contributed by atoms with E-state index in [9.17, 15) is 9.90 Å². The van der Waals surface area contributed by atoms with E-state index >= 15 is 0 Å². The van der Waals surface area contributed by atoms with Gasteiger partial charge in [-0.15, -0.1) is 0 Å². The van der Waals surface area contributed by atoms with E-state index in [1.807, 2.05) is 18.2 Å². The maximum absolute atomic E-state index is 12.2. The van der Waals surface area contributed by atoms with E-state index in [-0.39, 0.29) is 17.9 Å². The summed E-state index contributed by atoms with van der Waals surface area (Å²) < 4.78 is 11.0. The summed E-state index contributed by atoms with van der Waals surface area (Å²) in [6.45, 7) is 1.26. The highest BCUT2D eigenvalue weighted by atomic mass is 16.5. The monoisotopic (exact) mass is 319 g/mol. The third-order valence-electron chi connectivity index (χ3n) is 4.89. The Morgan fingerprint density at radius 2 is 2.13 bits per heavy atom. The maximum atomic E-state index is 12.2. The van der Waals surface area contributed by atoms with Crippen LogP contribution in [0, 0.1) is 11.8 Å². The molecule has 0 bridgehead atoms. The van der Waals surface area contributed by atoms with E-state index in [1.54, 1.807) is 7.11 Å². The van der Waals surface area contributed by atoms with Gasteiger partial charge in [0.2, 0.25) is 5.91 Å². The first-order chi connectivity index (χ1) is 11.2. The second-order valence-corrected chi connectivity index (χ2v) is 6.61. The third-order valence-corrected chi connectivity index (χ3v) is 4.89. The molecule has 0 saturated heterocycles. The number of benzene rings is 1. The smallest absolute Gasteiger partial charge is 0.223 e. The second kappa shape index (κ2) is 7.21. The van der Waals surface area contributed by atoms with E-state index in [1.165, 1.54) is 0 Å². The van der Waals surface area contributed by atoms with Crippen molar-refractivity contribution in [3.8, 4) is 11.5 Å². The van der Waals surface area contributed by atoms with Crippen LogP contribution in [0.2, 0.25) is 0 Å². The van der Waals surface area contributed by atoms with Crippen molar-refractivity contribution < 1.29 is 19.4 Å². The number of nitrogens with one attached hydrogen (secondary N) is 1. The molecule has 1 saturated carbocycles. The molecule has 3 rings (SSSR count). The molecule has 1 unspecified atom stereocenters. The molecule has 1 aliphatic carbocycles. The minimum absolute atomic E-state index is 0.0551. The van der Waals surface area contributed by atoms with Gasteiger partial charge in [0.05, 0.1) is 19.8 Å². The number of carbonyl (C=O) groups is 1. The quantitative estimate of drug-likeness (QED) is 0.890. The second-order valence-electron chi connectivity index (χ2n) is 6.61. The summed E-state index contributed by atoms with van der Waals surface area (Å²) in [6.07, 6.45) is 3.73. The van der Waals surface area contributed by atoms with Gasteiger partial charge in [0.25, 0.3) is 0 Å². The van der Waals surface area contributed by atoms with Gasteiger partial charge < -0.3 is 19.9 Å². The summed E-state index contributed by atoms with van der Waals surface area (Å²) in [5, 5.41) is 12.6. The van der Waals surface area contributed by atoms with Crippen molar-refractivity contribution in [2.45, 2.75) is 38.2 Å². The molecule has 1 atom stereocenters. The predicted octanol–water partition coefficient (Wildman–Crippen LogP) is 1.91. The SMILES string of the molecule is COc1ccc2c(c1)OCC(CNC(=O)C1CCC(O)CC1)C2. The summed E-state index contributed by atoms with van der Waals surface area (Å²) in [4.78, 5) is 12.2. The molecular formula is C18H25NO4. The number of rotatable bonds is 4. The minimum atomic E-state index is -0.223. The zero-order valence-electron chi connectivity index (χ0n) is 13.6. The molecule has 0 aromatic heterocycles. The Kier molecular flexibility index (Phi) is 5.06. The van der Waals surface area contributed by atoms with E-state index in [4.69, 9.17) is 9.47 Å². The van der Waals surface area contributed by atoms with Crippen molar-refractivity contribution in [2.75, 3.05) is 20.3 Å². The molecule has 2 N–H and O–H groups in total. The largest absolute Gasteiger partial charge is 0.497 e. The van der Waals surface area contributed by atoms with Crippen molar-refractivity contribution in [3.05, 3.63) is 23.8 Å². The average molecular weight is 319 g/mol. The van der Waals surface area contributed by atoms with Gasteiger partial charge in [-0.1, -0.05) is 6.07 Å². The lowest BCUT2D eigenvalue weighted by atomic mass is 9.86. The molecule has 1 fully saturated rings. The van der Waals surface area contributed by atoms with Crippen LogP contribution in [0.15, 0.2) is 18.2 Å². The Labute approximate surface area is 137 Å². The Balaban J connectivity index is 1.49. The van der Waals surface area contributed by atoms with Crippen LogP contribution in [0.3, 0.4) is 0 Å². The van der Waals surface area contributed by atoms with Gasteiger partial charge in [0.15, 0.2) is 0 Å². The van der Waals surface area contributed by atoms with Crippen LogP contribution in [-0.4, -0.2) is 37.4 Å². The Morgan fingerprint density at radius 1 is 1.35 bits per heavy atom. The zero-order valence-corrected chi connectivity index (χ0v) is 13.6. The molecule has 0 spiro atoms. The van der Waals surface area contributed by atoms with Crippen molar-refractivity contribution >= 4 is 5.91 Å². The van der Waals surface area contributed by atoms with Gasteiger partial charge in [-0.3, -0.25) is 4.79 Å². The van der Waals surface area contributed by atoms with Crippen molar-refractivity contribution in [1.82, 2.24) is 5.32 Å². The van der Waals surface area contributed by atoms with Crippen LogP contribution < -0.4 is 14.8 Å². The lowest BCUT2D eigenvalue weighted by Gasteiger charge is -2.28. The highest BCUT2D eigenvalue weighted by molar-refractivity contribution is 5.78. The van der Waals surface area contributed by atoms with Gasteiger partial charge in [-0.2, -0.15) is 0 Å². The molecule has 1 aliphatic heterocycles. The van der Waals surface area contributed by atoms with Crippen molar-refractivity contribution in [3.63, 3.8) is 0 Å². The number of hydrogen-bond acceptors (Lipinski definition) is 4.